The van der Waals surface area contributed by atoms with Crippen LogP contribution >= 0.6 is 11.6 Å². The van der Waals surface area contributed by atoms with Gasteiger partial charge in [-0.3, -0.25) is 9.69 Å². The van der Waals surface area contributed by atoms with Crippen molar-refractivity contribution < 1.29 is 4.79 Å². The van der Waals surface area contributed by atoms with Crippen LogP contribution in [0.2, 0.25) is 5.02 Å². The van der Waals surface area contributed by atoms with E-state index >= 15 is 0 Å². The van der Waals surface area contributed by atoms with Crippen LogP contribution in [-0.4, -0.2) is 48.4 Å². The molecule has 0 aromatic heterocycles. The van der Waals surface area contributed by atoms with Gasteiger partial charge in [0.05, 0.1) is 13.1 Å². The molecule has 1 N–H and O–H groups in total. The molecule has 3 aliphatic rings. The van der Waals surface area contributed by atoms with Gasteiger partial charge in [-0.1, -0.05) is 54.1 Å². The van der Waals surface area contributed by atoms with Crippen LogP contribution in [0, 0.1) is 12.5 Å². The second-order valence-corrected chi connectivity index (χ2v) is 11.5. The summed E-state index contributed by atoms with van der Waals surface area (Å²) < 4.78 is 0. The van der Waals surface area contributed by atoms with Gasteiger partial charge in [0, 0.05) is 42.4 Å². The smallest absolute Gasteiger partial charge is 0.238 e. The van der Waals surface area contributed by atoms with E-state index in [1.165, 1.54) is 30.5 Å². The summed E-state index contributed by atoms with van der Waals surface area (Å²) in [5, 5.41) is 3.68. The Morgan fingerprint density at radius 3 is 2.55 bits per heavy atom. The summed E-state index contributed by atoms with van der Waals surface area (Å²) >= 11 is 6.14. The minimum atomic E-state index is -0.143. The number of anilines is 1. The van der Waals surface area contributed by atoms with Crippen LogP contribution in [0.15, 0.2) is 66.7 Å². The van der Waals surface area contributed by atoms with Gasteiger partial charge in [-0.2, -0.15) is 0 Å². The van der Waals surface area contributed by atoms with Crippen LogP contribution < -0.4 is 5.32 Å². The Balaban J connectivity index is 1.28. The molecule has 6 heteroatoms. The van der Waals surface area contributed by atoms with Gasteiger partial charge in [0.2, 0.25) is 5.91 Å². The van der Waals surface area contributed by atoms with Crippen molar-refractivity contribution in [3.05, 3.63) is 94.3 Å². The number of benzene rings is 3. The first-order chi connectivity index (χ1) is 18.5. The van der Waals surface area contributed by atoms with Crippen molar-refractivity contribution in [1.82, 2.24) is 9.80 Å². The largest absolute Gasteiger partial charge is 0.325 e. The third kappa shape index (κ3) is 5.22. The molecule has 0 bridgehead atoms. The first kappa shape index (κ1) is 25.1. The quantitative estimate of drug-likeness (QED) is 0.362. The summed E-state index contributed by atoms with van der Waals surface area (Å²) in [5.41, 5.74) is 6.24. The number of hydrogen-bond acceptors (Lipinski definition) is 3. The number of amides is 1. The second kappa shape index (κ2) is 10.5. The fourth-order valence-electron chi connectivity index (χ4n) is 6.36. The molecule has 1 spiro atoms. The third-order valence-corrected chi connectivity index (χ3v) is 8.75. The van der Waals surface area contributed by atoms with Crippen molar-refractivity contribution >= 4 is 28.9 Å². The Morgan fingerprint density at radius 2 is 1.79 bits per heavy atom. The van der Waals surface area contributed by atoms with Crippen molar-refractivity contribution in [2.24, 2.45) is 5.92 Å². The van der Waals surface area contributed by atoms with Crippen molar-refractivity contribution in [1.29, 1.82) is 0 Å². The van der Waals surface area contributed by atoms with Gasteiger partial charge in [-0.25, -0.2) is 4.85 Å². The molecule has 2 heterocycles. The third-order valence-electron chi connectivity index (χ3n) is 8.51. The maximum Gasteiger partial charge on any atom is 0.238 e. The average molecular weight is 525 g/mol. The topological polar surface area (TPSA) is 39.9 Å². The van der Waals surface area contributed by atoms with Crippen molar-refractivity contribution in [2.75, 3.05) is 38.0 Å². The average Bonchev–Trinajstić information content (AvgIpc) is 3.75. The van der Waals surface area contributed by atoms with Crippen molar-refractivity contribution in [3.63, 3.8) is 0 Å². The molecule has 3 aromatic carbocycles. The summed E-state index contributed by atoms with van der Waals surface area (Å²) in [5.74, 6) is 0.888. The highest BCUT2D eigenvalue weighted by Crippen LogP contribution is 2.45. The summed E-state index contributed by atoms with van der Waals surface area (Å²) in [4.78, 5) is 21.9. The van der Waals surface area contributed by atoms with Crippen molar-refractivity contribution in [2.45, 2.75) is 37.6 Å². The number of fused-ring (bicyclic) bond motifs is 2. The lowest BCUT2D eigenvalue weighted by Crippen LogP contribution is -2.58. The molecule has 3 aromatic rings. The maximum atomic E-state index is 13.2. The molecular weight excluding hydrogens is 492 g/mol. The molecule has 2 fully saturated rings. The van der Waals surface area contributed by atoms with Crippen LogP contribution in [0.25, 0.3) is 16.0 Å². The molecule has 1 amide bonds. The van der Waals surface area contributed by atoms with Gasteiger partial charge in [0.25, 0.3) is 0 Å². The number of piperidine rings is 1. The van der Waals surface area contributed by atoms with E-state index in [0.717, 1.165) is 61.6 Å². The number of rotatable bonds is 6. The standard InChI is InChI=1S/C32H33ClN4O/c1-34-28-6-2-4-24(19-28)25-10-11-30-26(18-25)12-15-37(22-31(38)35-29-7-3-5-27(33)20-29)32(30)13-16-36(17-14-32)21-23-8-9-23/h2-7,10-11,18-20,23H,8-9,12-17,21-22H2,(H,35,38). The van der Waals surface area contributed by atoms with Crippen LogP contribution in [0.5, 0.6) is 0 Å². The summed E-state index contributed by atoms with van der Waals surface area (Å²) in [6, 6.07) is 22.0. The zero-order valence-corrected chi connectivity index (χ0v) is 22.4. The second-order valence-electron chi connectivity index (χ2n) is 11.0. The van der Waals surface area contributed by atoms with E-state index in [1.54, 1.807) is 6.07 Å². The highest BCUT2D eigenvalue weighted by molar-refractivity contribution is 6.30. The number of nitrogens with one attached hydrogen (secondary N) is 1. The first-order valence-electron chi connectivity index (χ1n) is 13.7. The summed E-state index contributed by atoms with van der Waals surface area (Å²) in [7, 11) is 0. The molecule has 1 aliphatic carbocycles. The van der Waals surface area contributed by atoms with Gasteiger partial charge in [-0.15, -0.1) is 0 Å². The number of carbonyl (C=O) groups excluding carboxylic acids is 1. The monoisotopic (exact) mass is 524 g/mol. The molecule has 38 heavy (non-hydrogen) atoms. The zero-order chi connectivity index (χ0) is 26.1. The van der Waals surface area contributed by atoms with E-state index in [2.05, 4.69) is 44.2 Å². The Bertz CT molecular complexity index is 1380. The maximum absolute atomic E-state index is 13.2. The lowest BCUT2D eigenvalue weighted by atomic mass is 9.73. The molecule has 2 aliphatic heterocycles. The summed E-state index contributed by atoms with van der Waals surface area (Å²) in [6.07, 6.45) is 5.71. The lowest BCUT2D eigenvalue weighted by Gasteiger charge is -2.52. The Hall–Kier alpha value is -3.17. The van der Waals surface area contributed by atoms with E-state index in [4.69, 9.17) is 18.2 Å². The van der Waals surface area contributed by atoms with Crippen LogP contribution in [0.1, 0.15) is 36.8 Å². The fourth-order valence-corrected chi connectivity index (χ4v) is 6.55. The molecule has 0 atom stereocenters. The molecule has 194 valence electrons. The number of halogens is 1. The van der Waals surface area contributed by atoms with E-state index in [-0.39, 0.29) is 11.4 Å². The minimum absolute atomic E-state index is 0.00285. The van der Waals surface area contributed by atoms with Crippen LogP contribution in [0.3, 0.4) is 0 Å². The van der Waals surface area contributed by atoms with Crippen molar-refractivity contribution in [3.8, 4) is 11.1 Å². The number of hydrogen-bond donors (Lipinski definition) is 1. The zero-order valence-electron chi connectivity index (χ0n) is 21.6. The van der Waals surface area contributed by atoms with Gasteiger partial charge in [-0.05, 0) is 84.5 Å². The van der Waals surface area contributed by atoms with Gasteiger partial charge < -0.3 is 10.2 Å². The predicted molar refractivity (Wildman–Crippen MR) is 154 cm³/mol. The van der Waals surface area contributed by atoms with Gasteiger partial charge in [0.15, 0.2) is 5.69 Å². The minimum Gasteiger partial charge on any atom is -0.325 e. The Kier molecular flexibility index (Phi) is 6.97. The van der Waals surface area contributed by atoms with Gasteiger partial charge in [0.1, 0.15) is 0 Å². The Morgan fingerprint density at radius 1 is 1.00 bits per heavy atom. The Labute approximate surface area is 230 Å². The number of carbonyl (C=O) groups is 1. The fraction of sp³-hybridized carbons (Fsp3) is 0.375. The van der Waals surface area contributed by atoms with E-state index < -0.39 is 0 Å². The molecule has 5 nitrogen and oxygen atoms in total. The molecule has 1 saturated carbocycles. The first-order valence-corrected chi connectivity index (χ1v) is 14.0. The molecule has 0 radical (unpaired) electrons. The van der Waals surface area contributed by atoms with Crippen LogP contribution in [0.4, 0.5) is 11.4 Å². The molecule has 6 rings (SSSR count). The highest BCUT2D eigenvalue weighted by Gasteiger charge is 2.45. The highest BCUT2D eigenvalue weighted by atomic mass is 35.5. The SMILES string of the molecule is [C-]#[N+]c1cccc(-c2ccc3c(c2)CCN(CC(=O)Nc2cccc(Cl)c2)C32CCN(CC3CC3)CC2)c1. The van der Waals surface area contributed by atoms with E-state index in [1.807, 2.05) is 36.4 Å². The summed E-state index contributed by atoms with van der Waals surface area (Å²) in [6.45, 7) is 11.9. The van der Waals surface area contributed by atoms with E-state index in [0.29, 0.717) is 17.3 Å². The number of nitrogens with zero attached hydrogens (tertiary/aromatic N) is 3. The lowest BCUT2D eigenvalue weighted by molar-refractivity contribution is -0.120. The van der Waals surface area contributed by atoms with Gasteiger partial charge >= 0.3 is 0 Å². The molecule has 0 unspecified atom stereocenters. The normalized spacial score (nSPS) is 19.1. The van der Waals surface area contributed by atoms with E-state index in [9.17, 15) is 4.79 Å². The predicted octanol–water partition coefficient (Wildman–Crippen LogP) is 6.76. The van der Waals surface area contributed by atoms with Crippen LogP contribution in [-0.2, 0) is 16.8 Å². The molecular formula is C32H33ClN4O. The number of likely N-dealkylation sites (tertiary alicyclic amines) is 1. The molecule has 1 saturated heterocycles.